The summed E-state index contributed by atoms with van der Waals surface area (Å²) < 4.78 is 0. The molecule has 4 heteroatoms. The predicted molar refractivity (Wildman–Crippen MR) is 70.7 cm³/mol. The number of nitrogens with two attached hydrogens (primary N) is 2. The molecular weight excluding hydrogens is 243 g/mol. The minimum Gasteiger partial charge on any atom is -0.399 e. The zero-order valence-electron chi connectivity index (χ0n) is 8.37. The van der Waals surface area contributed by atoms with Crippen molar-refractivity contribution in [2.75, 3.05) is 11.5 Å². The van der Waals surface area contributed by atoms with Crippen LogP contribution in [0.25, 0.3) is 11.1 Å². The van der Waals surface area contributed by atoms with E-state index in [1.807, 2.05) is 12.1 Å². The van der Waals surface area contributed by atoms with Crippen molar-refractivity contribution in [3.05, 3.63) is 46.4 Å². The second-order valence-electron chi connectivity index (χ2n) is 3.48. The van der Waals surface area contributed by atoms with Gasteiger partial charge in [-0.15, -0.1) is 0 Å². The van der Waals surface area contributed by atoms with Crippen molar-refractivity contribution < 1.29 is 0 Å². The Hall–Kier alpha value is -1.38. The van der Waals surface area contributed by atoms with E-state index in [0.717, 1.165) is 11.1 Å². The summed E-state index contributed by atoms with van der Waals surface area (Å²) in [5.41, 5.74) is 14.7. The third kappa shape index (κ3) is 2.08. The molecule has 0 saturated carbocycles. The smallest absolute Gasteiger partial charge is 0.0598 e. The van der Waals surface area contributed by atoms with E-state index in [-0.39, 0.29) is 0 Å². The van der Waals surface area contributed by atoms with E-state index in [2.05, 4.69) is 0 Å². The highest BCUT2D eigenvalue weighted by atomic mass is 35.5. The van der Waals surface area contributed by atoms with Crippen LogP contribution in [-0.2, 0) is 0 Å². The summed E-state index contributed by atoms with van der Waals surface area (Å²) in [6.45, 7) is 0. The number of anilines is 2. The summed E-state index contributed by atoms with van der Waals surface area (Å²) in [6, 6.07) is 10.7. The van der Waals surface area contributed by atoms with Gasteiger partial charge >= 0.3 is 0 Å². The molecule has 16 heavy (non-hydrogen) atoms. The van der Waals surface area contributed by atoms with Crippen molar-refractivity contribution in [3.8, 4) is 11.1 Å². The molecule has 0 aliphatic carbocycles. The van der Waals surface area contributed by atoms with Crippen LogP contribution in [0.4, 0.5) is 11.4 Å². The molecule has 0 aromatic heterocycles. The first-order valence-corrected chi connectivity index (χ1v) is 5.44. The Morgan fingerprint density at radius 1 is 0.812 bits per heavy atom. The maximum Gasteiger partial charge on any atom is 0.0598 e. The minimum atomic E-state index is 0.501. The van der Waals surface area contributed by atoms with Gasteiger partial charge in [0.2, 0.25) is 0 Å². The van der Waals surface area contributed by atoms with Crippen LogP contribution in [0, 0.1) is 0 Å². The van der Waals surface area contributed by atoms with Gasteiger partial charge in [0.1, 0.15) is 0 Å². The zero-order chi connectivity index (χ0) is 11.7. The molecule has 0 saturated heterocycles. The van der Waals surface area contributed by atoms with Gasteiger partial charge in [0.05, 0.1) is 10.0 Å². The van der Waals surface area contributed by atoms with Crippen LogP contribution in [0.2, 0.25) is 10.0 Å². The summed E-state index contributed by atoms with van der Waals surface area (Å²) >= 11 is 11.8. The quantitative estimate of drug-likeness (QED) is 0.759. The highest BCUT2D eigenvalue weighted by Gasteiger charge is 2.05. The molecule has 2 nitrogen and oxygen atoms in total. The molecule has 0 unspecified atom stereocenters. The Labute approximate surface area is 104 Å². The standard InChI is InChI=1S/C12H10Cl2N2/c13-10-3-1-7(5-11(10)14)9-6-8(15)2-4-12(9)16/h1-6H,15-16H2. The monoisotopic (exact) mass is 252 g/mol. The van der Waals surface area contributed by atoms with Crippen LogP contribution >= 0.6 is 23.2 Å². The molecule has 0 spiro atoms. The first-order chi connectivity index (χ1) is 7.58. The molecule has 0 bridgehead atoms. The van der Waals surface area contributed by atoms with Gasteiger partial charge in [-0.3, -0.25) is 0 Å². The Balaban J connectivity index is 2.58. The molecule has 0 radical (unpaired) electrons. The molecule has 0 aliphatic heterocycles. The van der Waals surface area contributed by atoms with Gasteiger partial charge < -0.3 is 11.5 Å². The van der Waals surface area contributed by atoms with Gasteiger partial charge in [0.15, 0.2) is 0 Å². The summed E-state index contributed by atoms with van der Waals surface area (Å²) in [4.78, 5) is 0. The van der Waals surface area contributed by atoms with Crippen LogP contribution in [0.1, 0.15) is 0 Å². The van der Waals surface area contributed by atoms with E-state index in [1.54, 1.807) is 24.3 Å². The normalized spacial score (nSPS) is 10.4. The van der Waals surface area contributed by atoms with E-state index in [1.165, 1.54) is 0 Å². The van der Waals surface area contributed by atoms with Crippen LogP contribution in [0.3, 0.4) is 0 Å². The number of benzene rings is 2. The molecule has 2 aromatic carbocycles. The van der Waals surface area contributed by atoms with Crippen LogP contribution < -0.4 is 11.5 Å². The predicted octanol–water partition coefficient (Wildman–Crippen LogP) is 3.82. The minimum absolute atomic E-state index is 0.501. The van der Waals surface area contributed by atoms with Gasteiger partial charge in [0, 0.05) is 16.9 Å². The number of rotatable bonds is 1. The maximum atomic E-state index is 5.95. The van der Waals surface area contributed by atoms with Crippen molar-refractivity contribution in [2.45, 2.75) is 0 Å². The SMILES string of the molecule is Nc1ccc(N)c(-c2ccc(Cl)c(Cl)c2)c1. The topological polar surface area (TPSA) is 52.0 Å². The van der Waals surface area contributed by atoms with E-state index >= 15 is 0 Å². The van der Waals surface area contributed by atoms with E-state index in [9.17, 15) is 0 Å². The average Bonchev–Trinajstić information content (AvgIpc) is 2.26. The lowest BCUT2D eigenvalue weighted by Crippen LogP contribution is -1.92. The second kappa shape index (κ2) is 4.24. The largest absolute Gasteiger partial charge is 0.399 e. The molecular formula is C12H10Cl2N2. The fourth-order valence-corrected chi connectivity index (χ4v) is 1.79. The van der Waals surface area contributed by atoms with Gasteiger partial charge in [-0.25, -0.2) is 0 Å². The lowest BCUT2D eigenvalue weighted by Gasteiger charge is -2.08. The van der Waals surface area contributed by atoms with Gasteiger partial charge in [0.25, 0.3) is 0 Å². The highest BCUT2D eigenvalue weighted by Crippen LogP contribution is 2.32. The summed E-state index contributed by atoms with van der Waals surface area (Å²) in [7, 11) is 0. The number of nitrogen functional groups attached to an aromatic ring is 2. The average molecular weight is 253 g/mol. The van der Waals surface area contributed by atoms with Gasteiger partial charge in [-0.1, -0.05) is 29.3 Å². The first-order valence-electron chi connectivity index (χ1n) is 4.68. The molecule has 0 amide bonds. The van der Waals surface area contributed by atoms with Crippen molar-refractivity contribution in [2.24, 2.45) is 0 Å². The number of halogens is 2. The number of hydrogen-bond acceptors (Lipinski definition) is 2. The fourth-order valence-electron chi connectivity index (χ4n) is 1.49. The Bertz CT molecular complexity index is 539. The van der Waals surface area contributed by atoms with Crippen molar-refractivity contribution in [3.63, 3.8) is 0 Å². The molecule has 2 aromatic rings. The van der Waals surface area contributed by atoms with E-state index < -0.39 is 0 Å². The third-order valence-corrected chi connectivity index (χ3v) is 3.05. The lowest BCUT2D eigenvalue weighted by atomic mass is 10.0. The van der Waals surface area contributed by atoms with Crippen molar-refractivity contribution >= 4 is 34.6 Å². The van der Waals surface area contributed by atoms with E-state index in [4.69, 9.17) is 34.7 Å². The molecule has 4 N–H and O–H groups in total. The van der Waals surface area contributed by atoms with Gasteiger partial charge in [-0.2, -0.15) is 0 Å². The Morgan fingerprint density at radius 2 is 1.56 bits per heavy atom. The summed E-state index contributed by atoms with van der Waals surface area (Å²) in [5.74, 6) is 0. The Kier molecular flexibility index (Phi) is 2.95. The van der Waals surface area contributed by atoms with Crippen molar-refractivity contribution in [1.29, 1.82) is 0 Å². The van der Waals surface area contributed by atoms with Crippen molar-refractivity contribution in [1.82, 2.24) is 0 Å². The van der Waals surface area contributed by atoms with Crippen LogP contribution in [0.5, 0.6) is 0 Å². The molecule has 0 atom stereocenters. The molecule has 0 heterocycles. The molecule has 2 rings (SSSR count). The number of hydrogen-bond donors (Lipinski definition) is 2. The second-order valence-corrected chi connectivity index (χ2v) is 4.29. The Morgan fingerprint density at radius 3 is 2.25 bits per heavy atom. The van der Waals surface area contributed by atoms with Gasteiger partial charge in [-0.05, 0) is 35.9 Å². The summed E-state index contributed by atoms with van der Waals surface area (Å²) in [5, 5.41) is 1.02. The maximum absolute atomic E-state index is 5.95. The van der Waals surface area contributed by atoms with Crippen LogP contribution in [-0.4, -0.2) is 0 Å². The first kappa shape index (κ1) is 11.1. The molecule has 82 valence electrons. The molecule has 0 fully saturated rings. The van der Waals surface area contributed by atoms with Crippen LogP contribution in [0.15, 0.2) is 36.4 Å². The molecule has 0 aliphatic rings. The highest BCUT2D eigenvalue weighted by molar-refractivity contribution is 6.42. The third-order valence-electron chi connectivity index (χ3n) is 2.31. The van der Waals surface area contributed by atoms with E-state index in [0.29, 0.717) is 21.4 Å². The lowest BCUT2D eigenvalue weighted by molar-refractivity contribution is 1.60. The zero-order valence-corrected chi connectivity index (χ0v) is 9.89. The fraction of sp³-hybridized carbons (Fsp3) is 0. The summed E-state index contributed by atoms with van der Waals surface area (Å²) in [6.07, 6.45) is 0.